The highest BCUT2D eigenvalue weighted by atomic mass is 35.5. The number of sulfonamides is 1. The zero-order chi connectivity index (χ0) is 13.6. The summed E-state index contributed by atoms with van der Waals surface area (Å²) in [6.07, 6.45) is 3.61. The van der Waals surface area contributed by atoms with E-state index >= 15 is 0 Å². The van der Waals surface area contributed by atoms with Crippen LogP contribution in [-0.2, 0) is 10.0 Å². The molecule has 0 saturated carbocycles. The van der Waals surface area contributed by atoms with E-state index in [1.807, 2.05) is 0 Å². The number of imidazole rings is 1. The third-order valence-corrected chi connectivity index (χ3v) is 6.61. The summed E-state index contributed by atoms with van der Waals surface area (Å²) in [6.45, 7) is 3.23. The third-order valence-electron chi connectivity index (χ3n) is 3.59. The average Bonchev–Trinajstić information content (AvgIpc) is 3.01. The van der Waals surface area contributed by atoms with Crippen molar-refractivity contribution in [1.29, 1.82) is 0 Å². The lowest BCUT2D eigenvalue weighted by Gasteiger charge is -2.15. The summed E-state index contributed by atoms with van der Waals surface area (Å²) in [5.41, 5.74) is 0. The maximum Gasteiger partial charge on any atom is 0.262 e. The second-order valence-corrected chi connectivity index (χ2v) is 7.77. The van der Waals surface area contributed by atoms with Crippen LogP contribution in [-0.4, -0.2) is 35.2 Å². The first kappa shape index (κ1) is 13.4. The number of aromatic nitrogens is 2. The summed E-state index contributed by atoms with van der Waals surface area (Å²) >= 11 is 7.38. The molecule has 0 bridgehead atoms. The zero-order valence-electron chi connectivity index (χ0n) is 10.4. The van der Waals surface area contributed by atoms with Crippen molar-refractivity contribution in [3.05, 3.63) is 16.7 Å². The van der Waals surface area contributed by atoms with Gasteiger partial charge < -0.3 is 0 Å². The van der Waals surface area contributed by atoms with Crippen molar-refractivity contribution in [3.8, 4) is 0 Å². The minimum Gasteiger partial charge on any atom is -0.279 e. The van der Waals surface area contributed by atoms with Crippen molar-refractivity contribution in [1.82, 2.24) is 13.7 Å². The van der Waals surface area contributed by atoms with Crippen molar-refractivity contribution in [2.75, 3.05) is 13.1 Å². The van der Waals surface area contributed by atoms with Gasteiger partial charge in [0, 0.05) is 24.7 Å². The molecule has 3 rings (SSSR count). The molecule has 2 aromatic rings. The van der Waals surface area contributed by atoms with Crippen LogP contribution in [0, 0.1) is 5.92 Å². The second kappa shape index (κ2) is 4.73. The van der Waals surface area contributed by atoms with Gasteiger partial charge in [-0.3, -0.25) is 4.40 Å². The molecule has 5 nitrogen and oxygen atoms in total. The lowest BCUT2D eigenvalue weighted by atomic mass is 10.1. The fourth-order valence-electron chi connectivity index (χ4n) is 2.44. The minimum absolute atomic E-state index is 0.0619. The van der Waals surface area contributed by atoms with Crippen molar-refractivity contribution in [2.24, 2.45) is 5.92 Å². The van der Waals surface area contributed by atoms with Gasteiger partial charge in [0.1, 0.15) is 0 Å². The Balaban J connectivity index is 2.05. The van der Waals surface area contributed by atoms with Gasteiger partial charge in [0.25, 0.3) is 10.0 Å². The van der Waals surface area contributed by atoms with Crippen LogP contribution in [0.3, 0.4) is 0 Å². The molecule has 0 amide bonds. The molecule has 1 fully saturated rings. The van der Waals surface area contributed by atoms with Gasteiger partial charge >= 0.3 is 0 Å². The molecule has 0 spiro atoms. The van der Waals surface area contributed by atoms with E-state index in [2.05, 4.69) is 11.9 Å². The Morgan fingerprint density at radius 1 is 1.58 bits per heavy atom. The molecule has 0 aliphatic carbocycles. The molecule has 1 aliphatic rings. The van der Waals surface area contributed by atoms with E-state index in [1.165, 1.54) is 15.6 Å². The summed E-state index contributed by atoms with van der Waals surface area (Å²) in [6, 6.07) is 0. The van der Waals surface area contributed by atoms with E-state index in [1.54, 1.807) is 16.0 Å². The highest BCUT2D eigenvalue weighted by Gasteiger charge is 2.35. The standard InChI is InChI=1S/C11H14ClN3O2S2/c1-2-8-3-4-14(7-8)19(16,17)10-9(12)13-11-15(10)5-6-18-11/h5-6,8H,2-4,7H2,1H3. The summed E-state index contributed by atoms with van der Waals surface area (Å²) in [4.78, 5) is 4.70. The van der Waals surface area contributed by atoms with E-state index in [0.29, 0.717) is 24.0 Å². The van der Waals surface area contributed by atoms with Gasteiger partial charge in [0.05, 0.1) is 0 Å². The largest absolute Gasteiger partial charge is 0.279 e. The number of hydrogen-bond donors (Lipinski definition) is 0. The topological polar surface area (TPSA) is 54.7 Å². The van der Waals surface area contributed by atoms with Gasteiger partial charge in [-0.15, -0.1) is 11.3 Å². The molecular weight excluding hydrogens is 306 g/mol. The number of thiazole rings is 1. The molecule has 3 heterocycles. The Morgan fingerprint density at radius 2 is 2.37 bits per heavy atom. The molecule has 0 radical (unpaired) electrons. The molecule has 2 aromatic heterocycles. The fourth-order valence-corrected chi connectivity index (χ4v) is 5.38. The lowest BCUT2D eigenvalue weighted by Crippen LogP contribution is -2.29. The molecule has 8 heteroatoms. The molecule has 1 aliphatic heterocycles. The average molecular weight is 320 g/mol. The lowest BCUT2D eigenvalue weighted by molar-refractivity contribution is 0.450. The van der Waals surface area contributed by atoms with E-state index in [4.69, 9.17) is 11.6 Å². The Bertz CT molecular complexity index is 707. The van der Waals surface area contributed by atoms with Crippen LogP contribution in [0.25, 0.3) is 4.96 Å². The number of hydrogen-bond acceptors (Lipinski definition) is 4. The van der Waals surface area contributed by atoms with Crippen molar-refractivity contribution < 1.29 is 8.42 Å². The van der Waals surface area contributed by atoms with Gasteiger partial charge in [-0.2, -0.15) is 4.31 Å². The highest BCUT2D eigenvalue weighted by molar-refractivity contribution is 7.89. The number of rotatable bonds is 3. The first-order valence-corrected chi connectivity index (χ1v) is 8.85. The predicted octanol–water partition coefficient (Wildman–Crippen LogP) is 2.47. The zero-order valence-corrected chi connectivity index (χ0v) is 12.8. The molecule has 0 aromatic carbocycles. The SMILES string of the molecule is CCC1CCN(S(=O)(=O)c2c(Cl)nc3sccn23)C1. The van der Waals surface area contributed by atoms with Crippen molar-refractivity contribution in [2.45, 2.75) is 24.8 Å². The number of halogens is 1. The Labute approximate surface area is 120 Å². The van der Waals surface area contributed by atoms with Crippen LogP contribution in [0.5, 0.6) is 0 Å². The van der Waals surface area contributed by atoms with E-state index < -0.39 is 10.0 Å². The van der Waals surface area contributed by atoms with E-state index in [-0.39, 0.29) is 10.2 Å². The van der Waals surface area contributed by atoms with Crippen LogP contribution >= 0.6 is 22.9 Å². The third kappa shape index (κ3) is 2.08. The fraction of sp³-hybridized carbons (Fsp3) is 0.545. The molecule has 1 saturated heterocycles. The Morgan fingerprint density at radius 3 is 3.05 bits per heavy atom. The van der Waals surface area contributed by atoms with E-state index in [9.17, 15) is 8.42 Å². The summed E-state index contributed by atoms with van der Waals surface area (Å²) in [5, 5.41) is 1.96. The van der Waals surface area contributed by atoms with Gasteiger partial charge in [-0.1, -0.05) is 24.9 Å². The first-order valence-electron chi connectivity index (χ1n) is 6.15. The molecule has 19 heavy (non-hydrogen) atoms. The van der Waals surface area contributed by atoms with Gasteiger partial charge in [-0.05, 0) is 12.3 Å². The van der Waals surface area contributed by atoms with Crippen LogP contribution in [0.15, 0.2) is 16.6 Å². The molecule has 1 unspecified atom stereocenters. The van der Waals surface area contributed by atoms with Crippen molar-refractivity contribution in [3.63, 3.8) is 0 Å². The predicted molar refractivity (Wildman–Crippen MR) is 75.2 cm³/mol. The van der Waals surface area contributed by atoms with Crippen molar-refractivity contribution >= 4 is 37.9 Å². The van der Waals surface area contributed by atoms with Gasteiger partial charge in [0.15, 0.2) is 15.1 Å². The normalized spacial score (nSPS) is 21.5. The number of nitrogens with zero attached hydrogens (tertiary/aromatic N) is 3. The first-order chi connectivity index (χ1) is 9.04. The van der Waals surface area contributed by atoms with Crippen LogP contribution in [0.4, 0.5) is 0 Å². The Hall–Kier alpha value is -0.630. The quantitative estimate of drug-likeness (QED) is 0.873. The van der Waals surface area contributed by atoms with Crippen LogP contribution < -0.4 is 0 Å². The summed E-state index contributed by atoms with van der Waals surface area (Å²) in [7, 11) is -3.56. The highest BCUT2D eigenvalue weighted by Crippen LogP contribution is 2.31. The van der Waals surface area contributed by atoms with Crippen LogP contribution in [0.2, 0.25) is 5.15 Å². The van der Waals surface area contributed by atoms with Gasteiger partial charge in [0.2, 0.25) is 0 Å². The minimum atomic E-state index is -3.56. The maximum absolute atomic E-state index is 12.7. The Kier molecular flexibility index (Phi) is 3.33. The van der Waals surface area contributed by atoms with Crippen LogP contribution in [0.1, 0.15) is 19.8 Å². The van der Waals surface area contributed by atoms with Gasteiger partial charge in [-0.25, -0.2) is 13.4 Å². The smallest absolute Gasteiger partial charge is 0.262 e. The van der Waals surface area contributed by atoms with E-state index in [0.717, 1.165) is 12.8 Å². The summed E-state index contributed by atoms with van der Waals surface area (Å²) < 4.78 is 28.4. The maximum atomic E-state index is 12.7. The second-order valence-electron chi connectivity index (χ2n) is 4.69. The monoisotopic (exact) mass is 319 g/mol. The summed E-state index contributed by atoms with van der Waals surface area (Å²) in [5.74, 6) is 0.444. The molecule has 0 N–H and O–H groups in total. The molecule has 104 valence electrons. The molecular formula is C11H14ClN3O2S2. The molecule has 1 atom stereocenters. The number of fused-ring (bicyclic) bond motifs is 1.